The number of anilines is 1. The molecule has 0 aliphatic heterocycles. The Morgan fingerprint density at radius 3 is 2.83 bits per heavy atom. The standard InChI is InChI=1S/C15H15N5O2S/c1-2-22-11-7-5-10(6-8-11)16-13(21)14-19-20-12(9-3-4-9)17-18-15(20)23-14/h5-9H,2-4H2,1H3,(H,16,21). The van der Waals surface area contributed by atoms with Crippen LogP contribution in [0.4, 0.5) is 5.69 Å². The van der Waals surface area contributed by atoms with E-state index in [-0.39, 0.29) is 5.91 Å². The topological polar surface area (TPSA) is 81.4 Å². The number of aromatic nitrogens is 4. The molecule has 1 aromatic carbocycles. The van der Waals surface area contributed by atoms with Crippen LogP contribution in [0.15, 0.2) is 24.3 Å². The molecule has 1 amide bonds. The number of carbonyl (C=O) groups excluding carboxylic acids is 1. The van der Waals surface area contributed by atoms with E-state index in [1.54, 1.807) is 16.6 Å². The number of benzene rings is 1. The van der Waals surface area contributed by atoms with E-state index in [0.29, 0.717) is 28.2 Å². The molecule has 23 heavy (non-hydrogen) atoms. The minimum Gasteiger partial charge on any atom is -0.494 e. The Kier molecular flexibility index (Phi) is 3.45. The first-order chi connectivity index (χ1) is 11.2. The summed E-state index contributed by atoms with van der Waals surface area (Å²) in [6, 6.07) is 7.25. The third-order valence-electron chi connectivity index (χ3n) is 3.57. The second-order valence-electron chi connectivity index (χ2n) is 5.35. The fourth-order valence-corrected chi connectivity index (χ4v) is 3.05. The lowest BCUT2D eigenvalue weighted by molar-refractivity contribution is 0.102. The first-order valence-corrected chi connectivity index (χ1v) is 8.32. The first-order valence-electron chi connectivity index (χ1n) is 7.51. The molecule has 0 saturated heterocycles. The summed E-state index contributed by atoms with van der Waals surface area (Å²) < 4.78 is 7.07. The van der Waals surface area contributed by atoms with Crippen molar-refractivity contribution in [1.82, 2.24) is 19.8 Å². The van der Waals surface area contributed by atoms with Crippen LogP contribution >= 0.6 is 11.3 Å². The molecule has 1 aliphatic carbocycles. The van der Waals surface area contributed by atoms with Crippen LogP contribution in [-0.2, 0) is 0 Å². The molecule has 4 rings (SSSR count). The maximum Gasteiger partial charge on any atom is 0.286 e. The summed E-state index contributed by atoms with van der Waals surface area (Å²) in [7, 11) is 0. The van der Waals surface area contributed by atoms with Crippen LogP contribution in [0.3, 0.4) is 0 Å². The molecule has 1 N–H and O–H groups in total. The Bertz CT molecular complexity index is 851. The number of nitrogens with one attached hydrogen (secondary N) is 1. The van der Waals surface area contributed by atoms with Gasteiger partial charge in [0.15, 0.2) is 5.82 Å². The van der Waals surface area contributed by atoms with Crippen molar-refractivity contribution in [2.75, 3.05) is 11.9 Å². The predicted octanol–water partition coefficient (Wildman–Crippen LogP) is 2.71. The monoisotopic (exact) mass is 329 g/mol. The highest BCUT2D eigenvalue weighted by Gasteiger charge is 2.30. The zero-order chi connectivity index (χ0) is 15.8. The number of nitrogens with zero attached hydrogens (tertiary/aromatic N) is 4. The van der Waals surface area contributed by atoms with Gasteiger partial charge in [-0.25, -0.2) is 0 Å². The molecule has 0 atom stereocenters. The minimum atomic E-state index is -0.244. The van der Waals surface area contributed by atoms with Crippen molar-refractivity contribution in [1.29, 1.82) is 0 Å². The van der Waals surface area contributed by atoms with Crippen LogP contribution in [-0.4, -0.2) is 32.3 Å². The van der Waals surface area contributed by atoms with E-state index >= 15 is 0 Å². The van der Waals surface area contributed by atoms with Crippen molar-refractivity contribution in [2.45, 2.75) is 25.7 Å². The van der Waals surface area contributed by atoms with Crippen molar-refractivity contribution in [3.05, 3.63) is 35.1 Å². The minimum absolute atomic E-state index is 0.244. The molecule has 2 aromatic heterocycles. The molecule has 0 radical (unpaired) electrons. The van der Waals surface area contributed by atoms with Gasteiger partial charge in [0.05, 0.1) is 6.61 Å². The van der Waals surface area contributed by atoms with Crippen LogP contribution in [0.1, 0.15) is 41.3 Å². The van der Waals surface area contributed by atoms with E-state index in [2.05, 4.69) is 20.6 Å². The number of carbonyl (C=O) groups is 1. The highest BCUT2D eigenvalue weighted by atomic mass is 32.1. The Labute approximate surface area is 136 Å². The van der Waals surface area contributed by atoms with Crippen molar-refractivity contribution >= 4 is 27.9 Å². The van der Waals surface area contributed by atoms with Crippen LogP contribution in [0.5, 0.6) is 5.75 Å². The highest BCUT2D eigenvalue weighted by molar-refractivity contribution is 7.18. The SMILES string of the molecule is CCOc1ccc(NC(=O)c2nn3c(C4CC4)nnc3s2)cc1. The maximum atomic E-state index is 12.3. The fraction of sp³-hybridized carbons (Fsp3) is 0.333. The lowest BCUT2D eigenvalue weighted by Gasteiger charge is -2.05. The molecular formula is C15H15N5O2S. The van der Waals surface area contributed by atoms with E-state index in [1.807, 2.05) is 19.1 Å². The number of ether oxygens (including phenoxy) is 1. The molecule has 2 heterocycles. The highest BCUT2D eigenvalue weighted by Crippen LogP contribution is 2.39. The summed E-state index contributed by atoms with van der Waals surface area (Å²) in [5.74, 6) is 1.83. The van der Waals surface area contributed by atoms with Gasteiger partial charge in [-0.05, 0) is 44.0 Å². The summed E-state index contributed by atoms with van der Waals surface area (Å²) in [5, 5.41) is 15.8. The summed E-state index contributed by atoms with van der Waals surface area (Å²) in [4.78, 5) is 13.0. The maximum absolute atomic E-state index is 12.3. The molecule has 8 heteroatoms. The molecule has 1 fully saturated rings. The van der Waals surface area contributed by atoms with Crippen LogP contribution in [0.25, 0.3) is 4.96 Å². The smallest absolute Gasteiger partial charge is 0.286 e. The summed E-state index contributed by atoms with van der Waals surface area (Å²) in [5.41, 5.74) is 0.701. The number of hydrogen-bond acceptors (Lipinski definition) is 6. The first kappa shape index (κ1) is 14.1. The molecule has 0 bridgehead atoms. The van der Waals surface area contributed by atoms with E-state index in [4.69, 9.17) is 4.74 Å². The molecule has 7 nitrogen and oxygen atoms in total. The number of hydrogen-bond donors (Lipinski definition) is 1. The van der Waals surface area contributed by atoms with Crippen LogP contribution < -0.4 is 10.1 Å². The average Bonchev–Trinajstić information content (AvgIpc) is 3.17. The van der Waals surface area contributed by atoms with Crippen molar-refractivity contribution < 1.29 is 9.53 Å². The zero-order valence-corrected chi connectivity index (χ0v) is 13.3. The van der Waals surface area contributed by atoms with Gasteiger partial charge in [-0.15, -0.1) is 15.3 Å². The van der Waals surface area contributed by atoms with Gasteiger partial charge in [0.25, 0.3) is 5.91 Å². The van der Waals surface area contributed by atoms with Crippen LogP contribution in [0.2, 0.25) is 0 Å². The van der Waals surface area contributed by atoms with Gasteiger partial charge in [0.2, 0.25) is 9.97 Å². The molecule has 0 spiro atoms. The van der Waals surface area contributed by atoms with Crippen molar-refractivity contribution in [3.8, 4) is 5.75 Å². The van der Waals surface area contributed by atoms with Crippen molar-refractivity contribution in [2.24, 2.45) is 0 Å². The summed E-state index contributed by atoms with van der Waals surface area (Å²) in [6.07, 6.45) is 2.23. The van der Waals surface area contributed by atoms with Gasteiger partial charge in [0.1, 0.15) is 5.75 Å². The largest absolute Gasteiger partial charge is 0.494 e. The van der Waals surface area contributed by atoms with Gasteiger partial charge < -0.3 is 10.1 Å². The van der Waals surface area contributed by atoms with E-state index in [9.17, 15) is 4.79 Å². The molecule has 3 aromatic rings. The van der Waals surface area contributed by atoms with Gasteiger partial charge >= 0.3 is 0 Å². The number of amides is 1. The Hall–Kier alpha value is -2.48. The normalized spacial score (nSPS) is 14.1. The third kappa shape index (κ3) is 2.77. The predicted molar refractivity (Wildman–Crippen MR) is 86.2 cm³/mol. The van der Waals surface area contributed by atoms with Gasteiger partial charge in [0, 0.05) is 11.6 Å². The summed E-state index contributed by atoms with van der Waals surface area (Å²) in [6.45, 7) is 2.54. The molecule has 118 valence electrons. The van der Waals surface area contributed by atoms with E-state index < -0.39 is 0 Å². The Morgan fingerprint density at radius 2 is 2.13 bits per heavy atom. The number of rotatable bonds is 5. The third-order valence-corrected chi connectivity index (χ3v) is 4.47. The zero-order valence-electron chi connectivity index (χ0n) is 12.5. The average molecular weight is 329 g/mol. The Balaban J connectivity index is 1.52. The lowest BCUT2D eigenvalue weighted by Crippen LogP contribution is -2.12. The molecule has 1 saturated carbocycles. The number of fused-ring (bicyclic) bond motifs is 1. The molecule has 1 aliphatic rings. The van der Waals surface area contributed by atoms with Crippen molar-refractivity contribution in [3.63, 3.8) is 0 Å². The van der Waals surface area contributed by atoms with Gasteiger partial charge in [-0.1, -0.05) is 11.3 Å². The Morgan fingerprint density at radius 1 is 1.35 bits per heavy atom. The molecule has 0 unspecified atom stereocenters. The second kappa shape index (κ2) is 5.62. The molecular weight excluding hydrogens is 314 g/mol. The van der Waals surface area contributed by atoms with Gasteiger partial charge in [-0.2, -0.15) is 4.52 Å². The lowest BCUT2D eigenvalue weighted by atomic mass is 10.3. The second-order valence-corrected chi connectivity index (χ2v) is 6.30. The summed E-state index contributed by atoms with van der Waals surface area (Å²) >= 11 is 1.24. The fourth-order valence-electron chi connectivity index (χ4n) is 2.31. The van der Waals surface area contributed by atoms with E-state index in [1.165, 1.54) is 11.3 Å². The van der Waals surface area contributed by atoms with Gasteiger partial charge in [-0.3, -0.25) is 4.79 Å². The van der Waals surface area contributed by atoms with E-state index in [0.717, 1.165) is 24.4 Å². The quantitative estimate of drug-likeness (QED) is 0.778. The van der Waals surface area contributed by atoms with Crippen LogP contribution in [0, 0.1) is 0 Å².